The van der Waals surface area contributed by atoms with E-state index < -0.39 is 6.73 Å². The number of nitrogens with zero attached hydrogens (tertiary/aromatic N) is 1. The number of aromatic nitrogens is 1. The molecular weight excluding hydrogens is 422 g/mol. The molecule has 8 heteroatoms. The Bertz CT molecular complexity index is 1340. The highest BCUT2D eigenvalue weighted by molar-refractivity contribution is 6.13. The molecule has 0 atom stereocenters. The average molecular weight is 443 g/mol. The van der Waals surface area contributed by atoms with E-state index in [2.05, 4.69) is 10.6 Å². The summed E-state index contributed by atoms with van der Waals surface area (Å²) in [5.74, 6) is 0.702. The number of para-hydroxylation sites is 1. The molecule has 0 unspecified atom stereocenters. The first-order valence-corrected chi connectivity index (χ1v) is 10.4. The lowest BCUT2D eigenvalue weighted by Gasteiger charge is -2.07. The molecule has 33 heavy (non-hydrogen) atoms. The second-order valence-corrected chi connectivity index (χ2v) is 7.57. The standard InChI is InChI=1S/C25H21N3O5/c29-14-26-24(30)17-7-5-16(6-8-17)12-28-13-20(19-3-1-2-4-21(19)28)25(31)27-18-9-10-22-23(11-18)33-15-32-22/h1-11,13,29H,12,14-15H2,(H,26,30)(H,27,31). The number of anilines is 1. The zero-order valence-corrected chi connectivity index (χ0v) is 17.6. The van der Waals surface area contributed by atoms with Gasteiger partial charge >= 0.3 is 0 Å². The Morgan fingerprint density at radius 2 is 1.73 bits per heavy atom. The highest BCUT2D eigenvalue weighted by Crippen LogP contribution is 2.34. The number of benzene rings is 3. The smallest absolute Gasteiger partial charge is 0.257 e. The predicted molar refractivity (Wildman–Crippen MR) is 123 cm³/mol. The molecule has 5 rings (SSSR count). The molecule has 0 saturated heterocycles. The van der Waals surface area contributed by atoms with Crippen LogP contribution in [0, 0.1) is 0 Å². The van der Waals surface area contributed by atoms with Crippen LogP contribution in [0.1, 0.15) is 26.3 Å². The molecule has 4 aromatic rings. The molecule has 0 fully saturated rings. The maximum absolute atomic E-state index is 13.1. The number of ether oxygens (including phenoxy) is 2. The van der Waals surface area contributed by atoms with Gasteiger partial charge in [0.05, 0.1) is 5.56 Å². The summed E-state index contributed by atoms with van der Waals surface area (Å²) in [6.45, 7) is 0.292. The molecule has 0 radical (unpaired) electrons. The van der Waals surface area contributed by atoms with E-state index in [-0.39, 0.29) is 18.6 Å². The fourth-order valence-electron chi connectivity index (χ4n) is 3.86. The molecule has 1 aliphatic heterocycles. The first-order chi connectivity index (χ1) is 16.1. The highest BCUT2D eigenvalue weighted by atomic mass is 16.7. The van der Waals surface area contributed by atoms with Gasteiger partial charge in [0, 0.05) is 41.0 Å². The van der Waals surface area contributed by atoms with Crippen molar-refractivity contribution in [3.05, 3.63) is 89.6 Å². The van der Waals surface area contributed by atoms with Crippen molar-refractivity contribution < 1.29 is 24.2 Å². The van der Waals surface area contributed by atoms with Crippen LogP contribution in [0.25, 0.3) is 10.9 Å². The SMILES string of the molecule is O=C(NCO)c1ccc(Cn2cc(C(=O)Nc3ccc4c(c3)OCO4)c3ccccc32)cc1. The van der Waals surface area contributed by atoms with Crippen LogP contribution in [0.3, 0.4) is 0 Å². The van der Waals surface area contributed by atoms with Crippen LogP contribution >= 0.6 is 0 Å². The second kappa shape index (κ2) is 8.68. The van der Waals surface area contributed by atoms with Crippen molar-refractivity contribution >= 4 is 28.4 Å². The zero-order valence-electron chi connectivity index (χ0n) is 17.6. The molecule has 2 amide bonds. The monoisotopic (exact) mass is 443 g/mol. The Hall–Kier alpha value is -4.30. The third-order valence-corrected chi connectivity index (χ3v) is 5.47. The number of nitrogens with one attached hydrogen (secondary N) is 2. The van der Waals surface area contributed by atoms with E-state index in [1.54, 1.807) is 30.3 Å². The summed E-state index contributed by atoms with van der Waals surface area (Å²) in [7, 11) is 0. The van der Waals surface area contributed by atoms with Gasteiger partial charge in [0.1, 0.15) is 6.73 Å². The highest BCUT2D eigenvalue weighted by Gasteiger charge is 2.18. The minimum absolute atomic E-state index is 0.174. The van der Waals surface area contributed by atoms with Crippen LogP contribution in [0.5, 0.6) is 11.5 Å². The lowest BCUT2D eigenvalue weighted by molar-refractivity contribution is 0.0909. The number of amides is 2. The van der Waals surface area contributed by atoms with Crippen molar-refractivity contribution in [3.63, 3.8) is 0 Å². The largest absolute Gasteiger partial charge is 0.454 e. The first kappa shape index (κ1) is 20.6. The number of hydrogen-bond donors (Lipinski definition) is 3. The number of fused-ring (bicyclic) bond motifs is 2. The summed E-state index contributed by atoms with van der Waals surface area (Å²) in [5, 5.41) is 15.0. The molecule has 3 aromatic carbocycles. The van der Waals surface area contributed by atoms with Crippen molar-refractivity contribution in [3.8, 4) is 11.5 Å². The van der Waals surface area contributed by atoms with Gasteiger partial charge in [-0.3, -0.25) is 9.59 Å². The van der Waals surface area contributed by atoms with Crippen molar-refractivity contribution in [1.29, 1.82) is 0 Å². The summed E-state index contributed by atoms with van der Waals surface area (Å²) in [4.78, 5) is 25.0. The summed E-state index contributed by atoms with van der Waals surface area (Å²) in [5.41, 5.74) is 3.54. The molecule has 0 aliphatic carbocycles. The van der Waals surface area contributed by atoms with Crippen molar-refractivity contribution in [2.24, 2.45) is 0 Å². The van der Waals surface area contributed by atoms with E-state index in [0.29, 0.717) is 34.9 Å². The number of hydrogen-bond acceptors (Lipinski definition) is 5. The fourth-order valence-corrected chi connectivity index (χ4v) is 3.86. The first-order valence-electron chi connectivity index (χ1n) is 10.4. The number of aliphatic hydroxyl groups is 1. The molecule has 8 nitrogen and oxygen atoms in total. The van der Waals surface area contributed by atoms with Crippen LogP contribution in [-0.2, 0) is 6.54 Å². The molecule has 1 aliphatic rings. The van der Waals surface area contributed by atoms with E-state index in [1.165, 1.54) is 0 Å². The Morgan fingerprint density at radius 1 is 0.939 bits per heavy atom. The van der Waals surface area contributed by atoms with E-state index in [9.17, 15) is 9.59 Å². The molecule has 1 aromatic heterocycles. The Balaban J connectivity index is 1.40. The van der Waals surface area contributed by atoms with Crippen LogP contribution in [0.15, 0.2) is 72.9 Å². The van der Waals surface area contributed by atoms with Crippen molar-refractivity contribution in [2.45, 2.75) is 6.54 Å². The molecule has 2 heterocycles. The van der Waals surface area contributed by atoms with Crippen molar-refractivity contribution in [1.82, 2.24) is 9.88 Å². The summed E-state index contributed by atoms with van der Waals surface area (Å²) in [6.07, 6.45) is 1.83. The number of carbonyl (C=O) groups is 2. The Labute approximate surface area is 189 Å². The van der Waals surface area contributed by atoms with Crippen LogP contribution in [0.4, 0.5) is 5.69 Å². The minimum Gasteiger partial charge on any atom is -0.454 e. The van der Waals surface area contributed by atoms with Gasteiger partial charge in [0.15, 0.2) is 11.5 Å². The lowest BCUT2D eigenvalue weighted by Crippen LogP contribution is -2.23. The van der Waals surface area contributed by atoms with Gasteiger partial charge in [-0.2, -0.15) is 0 Å². The topological polar surface area (TPSA) is 102 Å². The fraction of sp³-hybridized carbons (Fsp3) is 0.120. The number of aliphatic hydroxyl groups excluding tert-OH is 1. The summed E-state index contributed by atoms with van der Waals surface area (Å²) < 4.78 is 12.7. The zero-order chi connectivity index (χ0) is 22.8. The molecule has 0 saturated carbocycles. The molecule has 0 spiro atoms. The molecular formula is C25H21N3O5. The summed E-state index contributed by atoms with van der Waals surface area (Å²) in [6, 6.07) is 20.1. The van der Waals surface area contributed by atoms with Gasteiger partial charge in [-0.15, -0.1) is 0 Å². The second-order valence-electron chi connectivity index (χ2n) is 7.57. The molecule has 166 valence electrons. The molecule has 0 bridgehead atoms. The van der Waals surface area contributed by atoms with Gasteiger partial charge in [-0.1, -0.05) is 30.3 Å². The van der Waals surface area contributed by atoms with E-state index in [4.69, 9.17) is 14.6 Å². The molecule has 3 N–H and O–H groups in total. The normalized spacial score (nSPS) is 12.0. The van der Waals surface area contributed by atoms with Gasteiger partial charge in [0.2, 0.25) is 6.79 Å². The quantitative estimate of drug-likeness (QED) is 0.397. The van der Waals surface area contributed by atoms with Gasteiger partial charge < -0.3 is 29.8 Å². The number of rotatable bonds is 6. The summed E-state index contributed by atoms with van der Waals surface area (Å²) >= 11 is 0. The third kappa shape index (κ3) is 4.11. The Kier molecular flexibility index (Phi) is 5.42. The average Bonchev–Trinajstić information content (AvgIpc) is 3.44. The van der Waals surface area contributed by atoms with Crippen LogP contribution in [0.2, 0.25) is 0 Å². The Morgan fingerprint density at radius 3 is 2.55 bits per heavy atom. The van der Waals surface area contributed by atoms with Gasteiger partial charge in [-0.25, -0.2) is 0 Å². The van der Waals surface area contributed by atoms with Gasteiger partial charge in [-0.05, 0) is 35.9 Å². The van der Waals surface area contributed by atoms with Crippen molar-refractivity contribution in [2.75, 3.05) is 18.8 Å². The lowest BCUT2D eigenvalue weighted by atomic mass is 10.1. The maximum atomic E-state index is 13.1. The minimum atomic E-state index is -0.410. The predicted octanol–water partition coefficient (Wildman–Crippen LogP) is 3.35. The van der Waals surface area contributed by atoms with E-state index >= 15 is 0 Å². The van der Waals surface area contributed by atoms with Crippen LogP contribution in [-0.4, -0.2) is 35.0 Å². The van der Waals surface area contributed by atoms with E-state index in [1.807, 2.05) is 47.2 Å². The third-order valence-electron chi connectivity index (χ3n) is 5.47. The van der Waals surface area contributed by atoms with E-state index in [0.717, 1.165) is 16.5 Å². The maximum Gasteiger partial charge on any atom is 0.257 e. The number of carbonyl (C=O) groups excluding carboxylic acids is 2. The van der Waals surface area contributed by atoms with Gasteiger partial charge in [0.25, 0.3) is 11.8 Å². The van der Waals surface area contributed by atoms with Crippen LogP contribution < -0.4 is 20.1 Å².